The molecule has 0 rings (SSSR count). The van der Waals surface area contributed by atoms with Gasteiger partial charge in [0.05, 0.1) is 0 Å². The molecule has 0 N–H and O–H groups in total. The first kappa shape index (κ1) is 18.8. The summed E-state index contributed by atoms with van der Waals surface area (Å²) in [6.07, 6.45) is -12.9. The lowest BCUT2D eigenvalue weighted by Gasteiger charge is -2.32. The molecule has 0 aromatic heterocycles. The van der Waals surface area contributed by atoms with Crippen molar-refractivity contribution in [3.8, 4) is 0 Å². The molecule has 0 aliphatic heterocycles. The Morgan fingerprint density at radius 2 is 0.842 bits per heavy atom. The smallest absolute Gasteiger partial charge is 0.245 e. The number of halogens is 12. The van der Waals surface area contributed by atoms with Crippen LogP contribution in [0.2, 0.25) is 0 Å². The van der Waals surface area contributed by atoms with Gasteiger partial charge in [0.15, 0.2) is 0 Å². The van der Waals surface area contributed by atoms with Crippen LogP contribution >= 0.6 is 23.2 Å². The van der Waals surface area contributed by atoms with Crippen molar-refractivity contribution in [2.24, 2.45) is 0 Å². The minimum atomic E-state index is -6.45. The highest BCUT2D eigenvalue weighted by atomic mass is 35.5. The molecule has 0 radical (unpaired) electrons. The van der Waals surface area contributed by atoms with Crippen LogP contribution in [-0.2, 0) is 4.74 Å². The van der Waals surface area contributed by atoms with Crippen molar-refractivity contribution >= 4 is 23.2 Å². The maximum Gasteiger partial charge on any atom is 0.428 e. The van der Waals surface area contributed by atoms with Gasteiger partial charge in [0.25, 0.3) is 0 Å². The van der Waals surface area contributed by atoms with Crippen LogP contribution in [0, 0.1) is 0 Å². The van der Waals surface area contributed by atoms with E-state index in [0.717, 1.165) is 0 Å². The van der Waals surface area contributed by atoms with Crippen molar-refractivity contribution < 1.29 is 48.6 Å². The fourth-order valence-electron chi connectivity index (χ4n) is 0.551. The van der Waals surface area contributed by atoms with Crippen molar-refractivity contribution in [1.29, 1.82) is 0 Å². The lowest BCUT2D eigenvalue weighted by atomic mass is 10.3. The Hall–Kier alpha value is -0.160. The van der Waals surface area contributed by atoms with Crippen LogP contribution in [0.3, 0.4) is 0 Å². The third-order valence-corrected chi connectivity index (χ3v) is 2.13. The summed E-state index contributed by atoms with van der Waals surface area (Å²) in [4.78, 5) is 0. The first-order valence-electron chi connectivity index (χ1n) is 3.87. The summed E-state index contributed by atoms with van der Waals surface area (Å²) in [5.74, 6) is -12.2. The SMILES string of the molecule is F[C@H](Cl)C(F)(F)C(F)(F)OC(F)(F)C(F)(F)[C@@H](F)Cl. The molecule has 13 heteroatoms. The van der Waals surface area contributed by atoms with Gasteiger partial charge in [0.2, 0.25) is 11.3 Å². The third-order valence-electron chi connectivity index (χ3n) is 1.58. The molecule has 0 heterocycles. The van der Waals surface area contributed by atoms with E-state index in [1.807, 2.05) is 4.74 Å². The van der Waals surface area contributed by atoms with Crippen molar-refractivity contribution in [2.45, 2.75) is 35.3 Å². The Labute approximate surface area is 108 Å². The number of alkyl halides is 12. The summed E-state index contributed by atoms with van der Waals surface area (Å²) >= 11 is 7.90. The third kappa shape index (κ3) is 3.48. The summed E-state index contributed by atoms with van der Waals surface area (Å²) < 4.78 is 125. The highest BCUT2D eigenvalue weighted by Gasteiger charge is 2.73. The Bertz CT molecular complexity index is 287. The number of hydrogen-bond acceptors (Lipinski definition) is 1. The maximum absolute atomic E-state index is 12.5. The van der Waals surface area contributed by atoms with Gasteiger partial charge in [-0.1, -0.05) is 23.2 Å². The van der Waals surface area contributed by atoms with Crippen LogP contribution in [-0.4, -0.2) is 35.3 Å². The molecule has 0 fully saturated rings. The second-order valence-corrected chi connectivity index (χ2v) is 3.75. The molecular weight excluding hydrogens is 349 g/mol. The molecular formula is C6H2Cl2F10O. The maximum atomic E-state index is 12.5. The molecule has 0 aliphatic rings. The van der Waals surface area contributed by atoms with E-state index >= 15 is 0 Å². The standard InChI is InChI=1S/C6H2Cl2F10O/c7-1(9)3(11,12)5(15,16)19-6(17,18)4(13,14)2(8)10/h1-2H/t1-,2+. The van der Waals surface area contributed by atoms with Crippen LogP contribution in [0.1, 0.15) is 0 Å². The summed E-state index contributed by atoms with van der Waals surface area (Å²) in [7, 11) is 0. The van der Waals surface area contributed by atoms with Gasteiger partial charge in [-0.25, -0.2) is 13.5 Å². The monoisotopic (exact) mass is 350 g/mol. The van der Waals surface area contributed by atoms with Crippen LogP contribution in [0.5, 0.6) is 0 Å². The summed E-state index contributed by atoms with van der Waals surface area (Å²) in [6, 6.07) is 0. The van der Waals surface area contributed by atoms with E-state index in [1.54, 1.807) is 0 Å². The molecule has 0 aromatic carbocycles. The topological polar surface area (TPSA) is 9.23 Å². The molecule has 0 unspecified atom stereocenters. The Kier molecular flexibility index (Phi) is 5.27. The molecule has 0 saturated carbocycles. The van der Waals surface area contributed by atoms with Gasteiger partial charge < -0.3 is 0 Å². The van der Waals surface area contributed by atoms with E-state index in [4.69, 9.17) is 0 Å². The zero-order valence-corrected chi connectivity index (χ0v) is 9.61. The van der Waals surface area contributed by atoms with Crippen LogP contribution in [0.15, 0.2) is 0 Å². The van der Waals surface area contributed by atoms with E-state index in [0.29, 0.717) is 0 Å². The minimum absolute atomic E-state index is 1.86. The molecule has 19 heavy (non-hydrogen) atoms. The number of rotatable bonds is 6. The second kappa shape index (κ2) is 5.32. The fraction of sp³-hybridized carbons (Fsp3) is 1.00. The van der Waals surface area contributed by atoms with E-state index < -0.39 is 35.3 Å². The highest BCUT2D eigenvalue weighted by molar-refractivity contribution is 6.20. The number of hydrogen-bond donors (Lipinski definition) is 0. The Morgan fingerprint density at radius 3 is 1.00 bits per heavy atom. The van der Waals surface area contributed by atoms with E-state index in [9.17, 15) is 43.9 Å². The molecule has 1 nitrogen and oxygen atoms in total. The predicted octanol–water partition coefficient (Wildman–Crippen LogP) is 4.53. The zero-order valence-electron chi connectivity index (χ0n) is 8.10. The van der Waals surface area contributed by atoms with Gasteiger partial charge in [-0.2, -0.15) is 35.1 Å². The summed E-state index contributed by atoms with van der Waals surface area (Å²) in [5.41, 5.74) is -8.46. The van der Waals surface area contributed by atoms with Crippen LogP contribution in [0.4, 0.5) is 43.9 Å². The van der Waals surface area contributed by atoms with Crippen molar-refractivity contribution in [3.05, 3.63) is 0 Å². The van der Waals surface area contributed by atoms with Gasteiger partial charge in [0, 0.05) is 0 Å². The Morgan fingerprint density at radius 1 is 0.632 bits per heavy atom. The van der Waals surface area contributed by atoms with E-state index in [2.05, 4.69) is 23.2 Å². The lowest BCUT2D eigenvalue weighted by molar-refractivity contribution is -0.472. The van der Waals surface area contributed by atoms with Gasteiger partial charge in [-0.05, 0) is 0 Å². The van der Waals surface area contributed by atoms with Crippen molar-refractivity contribution in [1.82, 2.24) is 0 Å². The molecule has 116 valence electrons. The second-order valence-electron chi connectivity index (χ2n) is 2.98. The average Bonchev–Trinajstić information content (AvgIpc) is 2.14. The van der Waals surface area contributed by atoms with Crippen LogP contribution < -0.4 is 0 Å². The van der Waals surface area contributed by atoms with E-state index in [-0.39, 0.29) is 0 Å². The molecule has 0 saturated heterocycles. The molecule has 0 spiro atoms. The van der Waals surface area contributed by atoms with Crippen LogP contribution in [0.25, 0.3) is 0 Å². The minimum Gasteiger partial charge on any atom is -0.245 e. The first-order chi connectivity index (χ1) is 8.09. The molecule has 2 atom stereocenters. The van der Waals surface area contributed by atoms with Gasteiger partial charge in [0.1, 0.15) is 0 Å². The average molecular weight is 351 g/mol. The van der Waals surface area contributed by atoms with Gasteiger partial charge in [-0.3, -0.25) is 0 Å². The lowest BCUT2D eigenvalue weighted by Crippen LogP contribution is -2.57. The quantitative estimate of drug-likeness (QED) is 0.505. The molecule has 0 bridgehead atoms. The largest absolute Gasteiger partial charge is 0.428 e. The summed E-state index contributed by atoms with van der Waals surface area (Å²) in [6.45, 7) is 0. The van der Waals surface area contributed by atoms with Crippen molar-refractivity contribution in [2.75, 3.05) is 0 Å². The van der Waals surface area contributed by atoms with Gasteiger partial charge in [-0.15, -0.1) is 0 Å². The molecule has 0 aliphatic carbocycles. The highest BCUT2D eigenvalue weighted by Crippen LogP contribution is 2.49. The summed E-state index contributed by atoms with van der Waals surface area (Å²) in [5, 5.41) is 0. The predicted molar refractivity (Wildman–Crippen MR) is 42.4 cm³/mol. The number of ether oxygens (including phenoxy) is 1. The fourth-order valence-corrected chi connectivity index (χ4v) is 0.805. The van der Waals surface area contributed by atoms with Crippen molar-refractivity contribution in [3.63, 3.8) is 0 Å². The van der Waals surface area contributed by atoms with E-state index in [1.165, 1.54) is 0 Å². The van der Waals surface area contributed by atoms with Gasteiger partial charge >= 0.3 is 24.1 Å². The normalized spacial score (nSPS) is 18.3. The zero-order chi connectivity index (χ0) is 15.9. The Balaban J connectivity index is 5.34. The molecule has 0 amide bonds. The first-order valence-corrected chi connectivity index (χ1v) is 4.74. The molecule has 0 aromatic rings.